The normalized spacial score (nSPS) is 11.4. The number of aryl methyl sites for hydroxylation is 2. The Kier molecular flexibility index (Phi) is 9.53. The maximum Gasteiger partial charge on any atom is 0.295 e. The highest BCUT2D eigenvalue weighted by atomic mass is 127. The van der Waals surface area contributed by atoms with Gasteiger partial charge in [0.05, 0.1) is 23.4 Å². The Morgan fingerprint density at radius 2 is 1.89 bits per heavy atom. The number of rotatable bonds is 7. The molecule has 14 heteroatoms. The Hall–Kier alpha value is -1.76. The molecule has 4 aromatic rings. The van der Waals surface area contributed by atoms with E-state index in [0.717, 1.165) is 22.8 Å². The zero-order chi connectivity index (χ0) is 25.9. The third kappa shape index (κ3) is 5.81. The number of hydrogen-bond donors (Lipinski definition) is 1. The predicted molar refractivity (Wildman–Crippen MR) is 153 cm³/mol. The van der Waals surface area contributed by atoms with E-state index in [-0.39, 0.29) is 17.4 Å². The van der Waals surface area contributed by atoms with Crippen molar-refractivity contribution in [1.82, 2.24) is 29.1 Å². The van der Waals surface area contributed by atoms with Crippen molar-refractivity contribution in [3.8, 4) is 11.4 Å². The molecule has 0 spiro atoms. The van der Waals surface area contributed by atoms with E-state index in [1.807, 2.05) is 85.7 Å². The van der Waals surface area contributed by atoms with Gasteiger partial charge in [-0.15, -0.1) is 0 Å². The van der Waals surface area contributed by atoms with Crippen molar-refractivity contribution in [2.75, 3.05) is 22.9 Å². The van der Waals surface area contributed by atoms with Crippen molar-refractivity contribution in [2.45, 2.75) is 27.2 Å². The molecular weight excluding hydrogens is 628 g/mol. The minimum absolute atomic E-state index is 0.00555. The van der Waals surface area contributed by atoms with Crippen LogP contribution in [0.4, 0.5) is 25.8 Å². The lowest BCUT2D eigenvalue weighted by Gasteiger charge is -2.21. The van der Waals surface area contributed by atoms with Crippen LogP contribution in [0.1, 0.15) is 31.9 Å². The lowest BCUT2D eigenvalue weighted by Crippen LogP contribution is -2.09. The molecule has 1 N–H and O–H groups in total. The highest BCUT2D eigenvalue weighted by molar-refractivity contribution is 14.2. The molecule has 0 radical (unpaired) electrons. The molecule has 0 fully saturated rings. The van der Waals surface area contributed by atoms with Crippen molar-refractivity contribution < 1.29 is 8.78 Å². The maximum atomic E-state index is 13.6. The first-order valence-corrected chi connectivity index (χ1v) is 16.2. The number of nitrogens with one attached hydrogen (secondary N) is 1. The summed E-state index contributed by atoms with van der Waals surface area (Å²) in [6, 6.07) is 7.43. The van der Waals surface area contributed by atoms with Crippen LogP contribution in [0.15, 0.2) is 24.3 Å². The van der Waals surface area contributed by atoms with Gasteiger partial charge in [-0.3, -0.25) is 4.34 Å². The summed E-state index contributed by atoms with van der Waals surface area (Å²) >= 11 is 9.81. The number of aromatic nitrogens is 6. The lowest BCUT2D eigenvalue weighted by atomic mass is 10.1. The van der Waals surface area contributed by atoms with Gasteiger partial charge >= 0.3 is 0 Å². The van der Waals surface area contributed by atoms with Crippen molar-refractivity contribution in [2.24, 2.45) is 7.05 Å². The summed E-state index contributed by atoms with van der Waals surface area (Å²) in [7, 11) is 3.78. The van der Waals surface area contributed by atoms with E-state index >= 15 is 0 Å². The number of alkyl halides is 2. The first-order valence-electron chi connectivity index (χ1n) is 10.5. The SMILES string of the molecule is CC.CSN(C)c1cc(-c2nc(C)nn2C)ccc1Nc1cc(Cl)nc2c1nc(C(F)F)n2PI. The summed E-state index contributed by atoms with van der Waals surface area (Å²) in [4.78, 5) is 12.9. The molecule has 1 aromatic carbocycles. The van der Waals surface area contributed by atoms with E-state index in [9.17, 15) is 8.78 Å². The topological polar surface area (TPSA) is 76.7 Å². The maximum absolute atomic E-state index is 13.6. The molecule has 0 aliphatic heterocycles. The molecule has 1 atom stereocenters. The number of anilines is 3. The van der Waals surface area contributed by atoms with Crippen LogP contribution in [0.2, 0.25) is 5.15 Å². The molecule has 0 amide bonds. The second kappa shape index (κ2) is 12.0. The molecule has 4 rings (SSSR count). The fourth-order valence-electron chi connectivity index (χ4n) is 3.40. The van der Waals surface area contributed by atoms with Crippen LogP contribution < -0.4 is 9.62 Å². The van der Waals surface area contributed by atoms with Gasteiger partial charge in [0.25, 0.3) is 6.43 Å². The van der Waals surface area contributed by atoms with Gasteiger partial charge in [-0.1, -0.05) is 37.4 Å². The molecule has 8 nitrogen and oxygen atoms in total. The highest BCUT2D eigenvalue weighted by Gasteiger charge is 2.23. The number of nitrogens with zero attached hydrogens (tertiary/aromatic N) is 7. The van der Waals surface area contributed by atoms with Gasteiger partial charge in [0.2, 0.25) is 0 Å². The fourth-order valence-corrected chi connectivity index (χ4v) is 5.84. The van der Waals surface area contributed by atoms with Crippen LogP contribution in [-0.4, -0.2) is 42.4 Å². The number of imidazole rings is 1. The van der Waals surface area contributed by atoms with Crippen molar-refractivity contribution in [3.05, 3.63) is 41.1 Å². The van der Waals surface area contributed by atoms with Gasteiger partial charge in [-0.05, 0) is 47.2 Å². The van der Waals surface area contributed by atoms with Gasteiger partial charge in [0.15, 0.2) is 17.3 Å². The summed E-state index contributed by atoms with van der Waals surface area (Å²) in [6.07, 6.45) is -0.756. The van der Waals surface area contributed by atoms with E-state index < -0.39 is 6.43 Å². The van der Waals surface area contributed by atoms with Crippen LogP contribution in [0, 0.1) is 6.92 Å². The van der Waals surface area contributed by atoms with E-state index in [2.05, 4.69) is 25.4 Å². The number of benzene rings is 1. The van der Waals surface area contributed by atoms with Crippen LogP contribution in [-0.2, 0) is 7.05 Å². The third-order valence-electron chi connectivity index (χ3n) is 4.90. The first kappa shape index (κ1) is 27.8. The number of pyridine rings is 1. The quantitative estimate of drug-likeness (QED) is 0.0965. The van der Waals surface area contributed by atoms with Gasteiger partial charge in [0.1, 0.15) is 16.5 Å². The molecule has 188 valence electrons. The van der Waals surface area contributed by atoms with Crippen molar-refractivity contribution in [3.63, 3.8) is 0 Å². The average Bonchev–Trinajstić information content (AvgIpc) is 3.39. The molecular formula is C21H25ClF2IN8PS. The van der Waals surface area contributed by atoms with E-state index in [0.29, 0.717) is 22.7 Å². The molecule has 0 bridgehead atoms. The molecule has 3 heterocycles. The second-order valence-electron chi connectivity index (χ2n) is 7.00. The fraction of sp³-hybridized carbons (Fsp3) is 0.333. The Bertz CT molecular complexity index is 1330. The molecule has 3 aromatic heterocycles. The minimum Gasteiger partial charge on any atom is -0.352 e. The van der Waals surface area contributed by atoms with E-state index in [4.69, 9.17) is 11.6 Å². The standard InChI is InChI=1S/C19H19ClF2IN8PS.C2H6/c1-9-24-17(29(2)28-9)10-5-6-11(13(7-10)30(3)33-4)25-12-8-14(20)26-18-15(12)27-19(16(21)22)31(18)32-23;1-2/h5-8,16,32H,1-4H3,(H,25,26);1-2H3. The summed E-state index contributed by atoms with van der Waals surface area (Å²) in [5.41, 5.74) is 3.67. The molecule has 0 aliphatic rings. The van der Waals surface area contributed by atoms with Crippen molar-refractivity contribution >= 4 is 80.2 Å². The van der Waals surface area contributed by atoms with E-state index in [1.165, 1.54) is 16.3 Å². The van der Waals surface area contributed by atoms with Gasteiger partial charge in [0, 0.05) is 32.0 Å². The summed E-state index contributed by atoms with van der Waals surface area (Å²) in [6.45, 7) is 5.84. The zero-order valence-corrected chi connectivity index (χ0v) is 24.7. The van der Waals surface area contributed by atoms with Crippen LogP contribution >= 0.6 is 52.0 Å². The second-order valence-corrected chi connectivity index (χ2v) is 10.4. The monoisotopic (exact) mass is 652 g/mol. The third-order valence-corrected chi connectivity index (χ3v) is 7.89. The molecule has 35 heavy (non-hydrogen) atoms. The van der Waals surface area contributed by atoms with Gasteiger partial charge in [-0.25, -0.2) is 28.4 Å². The summed E-state index contributed by atoms with van der Waals surface area (Å²) in [5, 5.41) is 7.85. The molecule has 1 unspecified atom stereocenters. The Morgan fingerprint density at radius 3 is 2.46 bits per heavy atom. The first-order chi connectivity index (χ1) is 16.7. The van der Waals surface area contributed by atoms with Crippen molar-refractivity contribution in [1.29, 1.82) is 0 Å². The largest absolute Gasteiger partial charge is 0.352 e. The number of halogens is 4. The van der Waals surface area contributed by atoms with Gasteiger partial charge in [-0.2, -0.15) is 5.10 Å². The number of hydrogen-bond acceptors (Lipinski definition) is 7. The van der Waals surface area contributed by atoms with Gasteiger partial charge < -0.3 is 9.62 Å². The highest BCUT2D eigenvalue weighted by Crippen LogP contribution is 2.40. The van der Waals surface area contributed by atoms with Crippen LogP contribution in [0.5, 0.6) is 0 Å². The molecule has 0 saturated carbocycles. The Balaban J connectivity index is 0.00000167. The Labute approximate surface area is 226 Å². The average molecular weight is 653 g/mol. The molecule has 0 saturated heterocycles. The minimum atomic E-state index is -2.72. The number of fused-ring (bicyclic) bond motifs is 1. The van der Waals surface area contributed by atoms with E-state index in [1.54, 1.807) is 10.7 Å². The lowest BCUT2D eigenvalue weighted by molar-refractivity contribution is 0.140. The smallest absolute Gasteiger partial charge is 0.295 e. The molecule has 0 aliphatic carbocycles. The van der Waals surface area contributed by atoms with Crippen LogP contribution in [0.25, 0.3) is 22.6 Å². The predicted octanol–water partition coefficient (Wildman–Crippen LogP) is 7.40. The summed E-state index contributed by atoms with van der Waals surface area (Å²) < 4.78 is 32.3. The summed E-state index contributed by atoms with van der Waals surface area (Å²) in [5.74, 6) is 1.10. The van der Waals surface area contributed by atoms with Crippen LogP contribution in [0.3, 0.4) is 0 Å². The Morgan fingerprint density at radius 1 is 1.17 bits per heavy atom. The zero-order valence-electron chi connectivity index (χ0n) is 19.9.